The van der Waals surface area contributed by atoms with Crippen LogP contribution in [0.1, 0.15) is 181 Å². The van der Waals surface area contributed by atoms with Crippen molar-refractivity contribution in [2.75, 3.05) is 40.9 Å². The molecule has 0 aliphatic carbocycles. The van der Waals surface area contributed by atoms with Crippen LogP contribution in [0.15, 0.2) is 12.2 Å². The van der Waals surface area contributed by atoms with Gasteiger partial charge in [0.25, 0.3) is 0 Å². The lowest BCUT2D eigenvalue weighted by atomic mass is 10.0. The van der Waals surface area contributed by atoms with E-state index in [4.69, 9.17) is 9.05 Å². The normalized spacial score (nSPS) is 14.7. The second-order valence-electron chi connectivity index (χ2n) is 15.0. The van der Waals surface area contributed by atoms with Gasteiger partial charge in [-0.15, -0.1) is 0 Å². The topological polar surface area (TPSA) is 105 Å². The lowest BCUT2D eigenvalue weighted by molar-refractivity contribution is -0.870. The lowest BCUT2D eigenvalue weighted by Crippen LogP contribution is -2.45. The molecule has 1 amide bonds. The SMILES string of the molecule is CCCCCC/C=C/C(O)C(COP(=O)(O)OCC[N+](C)(C)C)NC(=O)CCCCCCCCCCCCCCCCCCCCCC. The van der Waals surface area contributed by atoms with Gasteiger partial charge in [0.15, 0.2) is 0 Å². The molecule has 48 heavy (non-hydrogen) atoms. The van der Waals surface area contributed by atoms with E-state index < -0.39 is 20.0 Å². The molecule has 286 valence electrons. The number of aliphatic hydroxyl groups excluding tert-OH is 1. The molecule has 0 aromatic heterocycles. The third kappa shape index (κ3) is 33.7. The molecular formula is C39H80N2O6P+. The maximum absolute atomic E-state index is 12.7. The minimum atomic E-state index is -4.31. The molecule has 0 saturated heterocycles. The van der Waals surface area contributed by atoms with Gasteiger partial charge >= 0.3 is 7.82 Å². The first-order chi connectivity index (χ1) is 23.0. The highest BCUT2D eigenvalue weighted by Crippen LogP contribution is 2.43. The number of nitrogens with zero attached hydrogens (tertiary/aromatic N) is 1. The van der Waals surface area contributed by atoms with Crippen LogP contribution in [-0.4, -0.2) is 73.4 Å². The van der Waals surface area contributed by atoms with Crippen molar-refractivity contribution in [3.63, 3.8) is 0 Å². The van der Waals surface area contributed by atoms with Gasteiger partial charge in [-0.2, -0.15) is 0 Å². The quantitative estimate of drug-likeness (QED) is 0.0260. The molecule has 0 spiro atoms. The molecule has 0 bridgehead atoms. The molecule has 0 aromatic carbocycles. The van der Waals surface area contributed by atoms with E-state index in [0.717, 1.165) is 44.9 Å². The second kappa shape index (κ2) is 32.2. The van der Waals surface area contributed by atoms with Crippen molar-refractivity contribution in [3.05, 3.63) is 12.2 Å². The number of phosphoric acid groups is 1. The molecule has 3 N–H and O–H groups in total. The number of hydrogen-bond donors (Lipinski definition) is 3. The summed E-state index contributed by atoms with van der Waals surface area (Å²) in [6.07, 6.45) is 34.5. The van der Waals surface area contributed by atoms with E-state index in [0.29, 0.717) is 17.4 Å². The van der Waals surface area contributed by atoms with Gasteiger partial charge in [0.05, 0.1) is 39.9 Å². The number of likely N-dealkylation sites (N-methyl/N-ethyl adjacent to an activating group) is 1. The Morgan fingerprint density at radius 1 is 0.688 bits per heavy atom. The van der Waals surface area contributed by atoms with E-state index in [1.54, 1.807) is 6.08 Å². The van der Waals surface area contributed by atoms with Gasteiger partial charge in [-0.05, 0) is 19.3 Å². The molecule has 0 fully saturated rings. The molecule has 0 rings (SSSR count). The van der Waals surface area contributed by atoms with Crippen LogP contribution in [0.2, 0.25) is 0 Å². The summed E-state index contributed by atoms with van der Waals surface area (Å²) in [4.78, 5) is 22.9. The number of hydrogen-bond acceptors (Lipinski definition) is 5. The van der Waals surface area contributed by atoms with Crippen LogP contribution in [0.4, 0.5) is 0 Å². The van der Waals surface area contributed by atoms with E-state index in [1.165, 1.54) is 116 Å². The Labute approximate surface area is 297 Å². The number of allylic oxidation sites excluding steroid dienone is 1. The summed E-state index contributed by atoms with van der Waals surface area (Å²) in [5, 5.41) is 13.6. The highest BCUT2D eigenvalue weighted by Gasteiger charge is 2.27. The highest BCUT2D eigenvalue weighted by atomic mass is 31.2. The summed E-state index contributed by atoms with van der Waals surface area (Å²) in [6.45, 7) is 4.73. The fraction of sp³-hybridized carbons (Fsp3) is 0.923. The summed E-state index contributed by atoms with van der Waals surface area (Å²) < 4.78 is 23.3. The Morgan fingerprint density at radius 3 is 1.54 bits per heavy atom. The van der Waals surface area contributed by atoms with Gasteiger partial charge in [-0.3, -0.25) is 13.8 Å². The first-order valence-electron chi connectivity index (χ1n) is 20.1. The number of phosphoric ester groups is 1. The number of carbonyl (C=O) groups is 1. The largest absolute Gasteiger partial charge is 0.472 e. The monoisotopic (exact) mass is 704 g/mol. The average molecular weight is 704 g/mol. The maximum atomic E-state index is 12.7. The van der Waals surface area contributed by atoms with Gasteiger partial charge in [0.1, 0.15) is 13.2 Å². The molecule has 8 nitrogen and oxygen atoms in total. The fourth-order valence-electron chi connectivity index (χ4n) is 5.75. The van der Waals surface area contributed by atoms with Crippen LogP contribution < -0.4 is 5.32 Å². The average Bonchev–Trinajstić information content (AvgIpc) is 3.02. The molecule has 0 radical (unpaired) electrons. The van der Waals surface area contributed by atoms with Crippen molar-refractivity contribution in [2.24, 2.45) is 0 Å². The van der Waals surface area contributed by atoms with Crippen molar-refractivity contribution in [1.82, 2.24) is 5.32 Å². The third-order valence-corrected chi connectivity index (χ3v) is 9.99. The fourth-order valence-corrected chi connectivity index (χ4v) is 6.48. The number of quaternary nitrogens is 1. The Balaban J connectivity index is 4.16. The molecule has 9 heteroatoms. The van der Waals surface area contributed by atoms with E-state index >= 15 is 0 Å². The summed E-state index contributed by atoms with van der Waals surface area (Å²) in [6, 6.07) is -0.836. The molecular weight excluding hydrogens is 623 g/mol. The predicted octanol–water partition coefficient (Wildman–Crippen LogP) is 10.4. The Bertz CT molecular complexity index is 804. The highest BCUT2D eigenvalue weighted by molar-refractivity contribution is 7.47. The minimum absolute atomic E-state index is 0.0635. The Kier molecular flexibility index (Phi) is 31.7. The Hall–Kier alpha value is -0.760. The van der Waals surface area contributed by atoms with Crippen molar-refractivity contribution in [3.8, 4) is 0 Å². The first-order valence-corrected chi connectivity index (χ1v) is 21.6. The van der Waals surface area contributed by atoms with Crippen LogP contribution in [0.3, 0.4) is 0 Å². The van der Waals surface area contributed by atoms with Gasteiger partial charge < -0.3 is 19.8 Å². The lowest BCUT2D eigenvalue weighted by Gasteiger charge is -2.25. The molecule has 3 unspecified atom stereocenters. The minimum Gasteiger partial charge on any atom is -0.387 e. The molecule has 3 atom stereocenters. The second-order valence-corrected chi connectivity index (χ2v) is 16.5. The molecule has 0 aliphatic rings. The summed E-state index contributed by atoms with van der Waals surface area (Å²) in [5.41, 5.74) is 0. The number of aliphatic hydroxyl groups is 1. The van der Waals surface area contributed by atoms with Crippen LogP contribution in [0.5, 0.6) is 0 Å². The summed E-state index contributed by atoms with van der Waals surface area (Å²) in [7, 11) is 1.57. The molecule has 0 aliphatic heterocycles. The van der Waals surface area contributed by atoms with Crippen molar-refractivity contribution in [1.29, 1.82) is 0 Å². The number of nitrogens with one attached hydrogen (secondary N) is 1. The smallest absolute Gasteiger partial charge is 0.387 e. The number of carbonyl (C=O) groups excluding carboxylic acids is 1. The maximum Gasteiger partial charge on any atom is 0.472 e. The van der Waals surface area contributed by atoms with Crippen molar-refractivity contribution >= 4 is 13.7 Å². The van der Waals surface area contributed by atoms with E-state index in [2.05, 4.69) is 19.2 Å². The zero-order valence-corrected chi connectivity index (χ0v) is 33.1. The van der Waals surface area contributed by atoms with Crippen LogP contribution in [-0.2, 0) is 18.4 Å². The van der Waals surface area contributed by atoms with Crippen molar-refractivity contribution < 1.29 is 32.9 Å². The van der Waals surface area contributed by atoms with Crippen LogP contribution in [0, 0.1) is 0 Å². The standard InChI is InChI=1S/C39H79N2O6P/c1-6-8-10-12-14-15-16-17-18-19-20-21-22-23-24-25-26-27-29-31-33-39(43)40-37(38(42)32-30-28-13-11-9-7-2)36-47-48(44,45)46-35-34-41(3,4)5/h30,32,37-38,42H,6-29,31,33-36H2,1-5H3,(H-,40,43,44,45)/p+1/b32-30+. The predicted molar refractivity (Wildman–Crippen MR) is 203 cm³/mol. The summed E-state index contributed by atoms with van der Waals surface area (Å²) in [5.74, 6) is -0.180. The van der Waals surface area contributed by atoms with Crippen LogP contribution in [0.25, 0.3) is 0 Å². The summed E-state index contributed by atoms with van der Waals surface area (Å²) >= 11 is 0. The molecule has 0 aromatic rings. The molecule has 0 heterocycles. The van der Waals surface area contributed by atoms with Crippen LogP contribution >= 0.6 is 7.82 Å². The van der Waals surface area contributed by atoms with Crippen molar-refractivity contribution in [2.45, 2.75) is 193 Å². The number of rotatable bonds is 36. The Morgan fingerprint density at radius 2 is 1.10 bits per heavy atom. The zero-order chi connectivity index (χ0) is 35.8. The van der Waals surface area contributed by atoms with E-state index in [1.807, 2.05) is 27.2 Å². The van der Waals surface area contributed by atoms with Gasteiger partial charge in [0, 0.05) is 6.42 Å². The van der Waals surface area contributed by atoms with Gasteiger partial charge in [0.2, 0.25) is 5.91 Å². The van der Waals surface area contributed by atoms with E-state index in [9.17, 15) is 19.4 Å². The zero-order valence-electron chi connectivity index (χ0n) is 32.2. The van der Waals surface area contributed by atoms with Gasteiger partial charge in [-0.25, -0.2) is 4.57 Å². The number of amides is 1. The van der Waals surface area contributed by atoms with Gasteiger partial charge in [-0.1, -0.05) is 167 Å². The van der Waals surface area contributed by atoms with E-state index in [-0.39, 0.29) is 19.1 Å². The first kappa shape index (κ1) is 47.2. The third-order valence-electron chi connectivity index (χ3n) is 9.01. The molecule has 0 saturated carbocycles. The number of unbranched alkanes of at least 4 members (excludes halogenated alkanes) is 23.